The molecule has 108 valence electrons. The Morgan fingerprint density at radius 1 is 1.20 bits per heavy atom. The number of rotatable bonds is 5. The highest BCUT2D eigenvalue weighted by Gasteiger charge is 2.18. The number of furan rings is 1. The van der Waals surface area contributed by atoms with Gasteiger partial charge in [-0.1, -0.05) is 13.0 Å². The van der Waals surface area contributed by atoms with Crippen LogP contribution < -0.4 is 5.32 Å². The topological polar surface area (TPSA) is 25.2 Å². The van der Waals surface area contributed by atoms with Gasteiger partial charge in [-0.3, -0.25) is 0 Å². The van der Waals surface area contributed by atoms with Crippen LogP contribution >= 0.6 is 0 Å². The number of nitrogens with one attached hydrogen (secondary N) is 1. The summed E-state index contributed by atoms with van der Waals surface area (Å²) in [5.74, 6) is 1.67. The highest BCUT2D eigenvalue weighted by molar-refractivity contribution is 5.31. The van der Waals surface area contributed by atoms with Crippen molar-refractivity contribution in [3.05, 3.63) is 58.3 Å². The zero-order valence-corrected chi connectivity index (χ0v) is 12.6. The summed E-state index contributed by atoms with van der Waals surface area (Å²) in [6, 6.07) is 7.19. The van der Waals surface area contributed by atoms with Crippen LogP contribution in [-0.4, -0.2) is 6.54 Å². The molecular weight excluding hydrogens is 253 g/mol. The molecule has 1 heterocycles. The first-order valence-electron chi connectivity index (χ1n) is 7.06. The summed E-state index contributed by atoms with van der Waals surface area (Å²) in [4.78, 5) is 0. The monoisotopic (exact) mass is 275 g/mol. The average Bonchev–Trinajstić information content (AvgIpc) is 2.72. The van der Waals surface area contributed by atoms with E-state index in [-0.39, 0.29) is 11.9 Å². The lowest BCUT2D eigenvalue weighted by molar-refractivity contribution is 0.484. The van der Waals surface area contributed by atoms with Crippen molar-refractivity contribution in [2.24, 2.45) is 0 Å². The Kier molecular flexibility index (Phi) is 4.61. The molecule has 1 aromatic heterocycles. The molecule has 1 N–H and O–H groups in total. The molecule has 0 saturated carbocycles. The number of likely N-dealkylation sites (N-methyl/N-ethyl adjacent to an activating group) is 1. The van der Waals surface area contributed by atoms with Crippen molar-refractivity contribution >= 4 is 0 Å². The van der Waals surface area contributed by atoms with Gasteiger partial charge in [0.1, 0.15) is 17.3 Å². The molecule has 1 unspecified atom stereocenters. The van der Waals surface area contributed by atoms with E-state index in [9.17, 15) is 4.39 Å². The van der Waals surface area contributed by atoms with Crippen molar-refractivity contribution in [3.8, 4) is 0 Å². The van der Waals surface area contributed by atoms with E-state index in [1.165, 1.54) is 6.07 Å². The summed E-state index contributed by atoms with van der Waals surface area (Å²) >= 11 is 0. The van der Waals surface area contributed by atoms with E-state index in [4.69, 9.17) is 4.42 Å². The fourth-order valence-corrected chi connectivity index (χ4v) is 2.61. The van der Waals surface area contributed by atoms with Crippen LogP contribution in [0.3, 0.4) is 0 Å². The molecule has 0 aliphatic carbocycles. The average molecular weight is 275 g/mol. The van der Waals surface area contributed by atoms with Crippen molar-refractivity contribution in [1.82, 2.24) is 5.32 Å². The molecule has 1 atom stereocenters. The number of hydrogen-bond acceptors (Lipinski definition) is 2. The molecule has 3 heteroatoms. The van der Waals surface area contributed by atoms with Crippen LogP contribution in [0.1, 0.15) is 41.2 Å². The molecule has 0 fully saturated rings. The maximum atomic E-state index is 13.4. The first-order chi connectivity index (χ1) is 9.51. The van der Waals surface area contributed by atoms with Crippen LogP contribution in [0, 0.1) is 26.6 Å². The lowest BCUT2D eigenvalue weighted by atomic mass is 9.96. The molecule has 0 amide bonds. The van der Waals surface area contributed by atoms with E-state index in [1.54, 1.807) is 6.07 Å². The van der Waals surface area contributed by atoms with E-state index >= 15 is 0 Å². The largest absolute Gasteiger partial charge is 0.466 e. The van der Waals surface area contributed by atoms with Gasteiger partial charge >= 0.3 is 0 Å². The predicted octanol–water partition coefficient (Wildman–Crippen LogP) is 4.24. The lowest BCUT2D eigenvalue weighted by Gasteiger charge is -2.18. The van der Waals surface area contributed by atoms with Gasteiger partial charge in [0.15, 0.2) is 0 Å². The van der Waals surface area contributed by atoms with Gasteiger partial charge < -0.3 is 9.73 Å². The molecule has 2 aromatic rings. The van der Waals surface area contributed by atoms with Crippen molar-refractivity contribution in [1.29, 1.82) is 0 Å². The minimum absolute atomic E-state index is 0.151. The maximum Gasteiger partial charge on any atom is 0.123 e. The molecular formula is C17H22FNO. The van der Waals surface area contributed by atoms with E-state index in [1.807, 2.05) is 26.8 Å². The Balaban J connectivity index is 2.30. The molecule has 2 nitrogen and oxygen atoms in total. The molecule has 0 aliphatic rings. The fraction of sp³-hybridized carbons (Fsp3) is 0.412. The van der Waals surface area contributed by atoms with Crippen LogP contribution in [-0.2, 0) is 6.42 Å². The van der Waals surface area contributed by atoms with E-state index in [0.29, 0.717) is 0 Å². The minimum atomic E-state index is -0.180. The second-order valence-corrected chi connectivity index (χ2v) is 5.25. The molecule has 20 heavy (non-hydrogen) atoms. The fourth-order valence-electron chi connectivity index (χ4n) is 2.61. The first-order valence-corrected chi connectivity index (χ1v) is 7.06. The van der Waals surface area contributed by atoms with Crippen LogP contribution in [0.2, 0.25) is 0 Å². The van der Waals surface area contributed by atoms with Gasteiger partial charge in [-0.25, -0.2) is 4.39 Å². The molecule has 0 aliphatic heterocycles. The van der Waals surface area contributed by atoms with Gasteiger partial charge in [-0.05, 0) is 63.1 Å². The predicted molar refractivity (Wildman–Crippen MR) is 79.4 cm³/mol. The number of aryl methyl sites for hydroxylation is 3. The van der Waals surface area contributed by atoms with Crippen LogP contribution in [0.15, 0.2) is 28.7 Å². The van der Waals surface area contributed by atoms with E-state index in [0.717, 1.165) is 41.2 Å². The number of halogens is 1. The summed E-state index contributed by atoms with van der Waals surface area (Å²) in [7, 11) is 0. The second kappa shape index (κ2) is 6.23. The van der Waals surface area contributed by atoms with Gasteiger partial charge in [0.25, 0.3) is 0 Å². The third-order valence-electron chi connectivity index (χ3n) is 3.64. The van der Waals surface area contributed by atoms with Crippen molar-refractivity contribution < 1.29 is 8.81 Å². The Bertz CT molecular complexity index is 589. The van der Waals surface area contributed by atoms with Crippen molar-refractivity contribution in [3.63, 3.8) is 0 Å². The first kappa shape index (κ1) is 14.8. The molecule has 2 rings (SSSR count). The Morgan fingerprint density at radius 3 is 2.55 bits per heavy atom. The molecule has 0 bridgehead atoms. The quantitative estimate of drug-likeness (QED) is 0.883. The zero-order chi connectivity index (χ0) is 14.7. The standard InChI is InChI=1S/C17H22FNO/c1-5-19-17(16-8-12(3)20-13(16)4)10-14-9-15(18)7-6-11(14)2/h6-9,17,19H,5,10H2,1-4H3. The smallest absolute Gasteiger partial charge is 0.123 e. The summed E-state index contributed by atoms with van der Waals surface area (Å²) in [5.41, 5.74) is 3.31. The highest BCUT2D eigenvalue weighted by atomic mass is 19.1. The number of benzene rings is 1. The van der Waals surface area contributed by atoms with Gasteiger partial charge in [0.2, 0.25) is 0 Å². The molecule has 0 radical (unpaired) electrons. The van der Waals surface area contributed by atoms with Crippen molar-refractivity contribution in [2.45, 2.75) is 40.2 Å². The van der Waals surface area contributed by atoms with Gasteiger partial charge in [-0.2, -0.15) is 0 Å². The minimum Gasteiger partial charge on any atom is -0.466 e. The van der Waals surface area contributed by atoms with Gasteiger partial charge in [-0.15, -0.1) is 0 Å². The molecule has 0 saturated heterocycles. The second-order valence-electron chi connectivity index (χ2n) is 5.25. The van der Waals surface area contributed by atoms with E-state index in [2.05, 4.69) is 18.3 Å². The van der Waals surface area contributed by atoms with Crippen LogP contribution in [0.4, 0.5) is 4.39 Å². The normalized spacial score (nSPS) is 12.7. The molecule has 1 aromatic carbocycles. The molecule has 0 spiro atoms. The summed E-state index contributed by atoms with van der Waals surface area (Å²) in [5, 5.41) is 3.47. The lowest BCUT2D eigenvalue weighted by Crippen LogP contribution is -2.23. The summed E-state index contributed by atoms with van der Waals surface area (Å²) in [6.45, 7) is 8.89. The SMILES string of the molecule is CCNC(Cc1cc(F)ccc1C)c1cc(C)oc1C. The van der Waals surface area contributed by atoms with Crippen molar-refractivity contribution in [2.75, 3.05) is 6.54 Å². The Morgan fingerprint density at radius 2 is 1.95 bits per heavy atom. The highest BCUT2D eigenvalue weighted by Crippen LogP contribution is 2.26. The van der Waals surface area contributed by atoms with Crippen LogP contribution in [0.25, 0.3) is 0 Å². The summed E-state index contributed by atoms with van der Waals surface area (Å²) in [6.07, 6.45) is 0.761. The number of hydrogen-bond donors (Lipinski definition) is 1. The maximum absolute atomic E-state index is 13.4. The zero-order valence-electron chi connectivity index (χ0n) is 12.6. The third kappa shape index (κ3) is 3.28. The Labute approximate surface area is 120 Å². The van der Waals surface area contributed by atoms with Crippen LogP contribution in [0.5, 0.6) is 0 Å². The Hall–Kier alpha value is -1.61. The van der Waals surface area contributed by atoms with Gasteiger partial charge in [0, 0.05) is 11.6 Å². The summed E-state index contributed by atoms with van der Waals surface area (Å²) < 4.78 is 19.0. The third-order valence-corrected chi connectivity index (χ3v) is 3.64. The van der Waals surface area contributed by atoms with E-state index < -0.39 is 0 Å². The van der Waals surface area contributed by atoms with Gasteiger partial charge in [0.05, 0.1) is 0 Å².